The molecule has 0 rings (SSSR count). The molecule has 2 unspecified atom stereocenters. The quantitative estimate of drug-likeness (QED) is 0.551. The molecule has 2 atom stereocenters. The average molecular weight is 194 g/mol. The van der Waals surface area contributed by atoms with Crippen molar-refractivity contribution in [3.8, 4) is 12.3 Å². The van der Waals surface area contributed by atoms with E-state index in [0.29, 0.717) is 17.8 Å². The zero-order chi connectivity index (χ0) is 11.1. The Morgan fingerprint density at radius 2 is 1.64 bits per heavy atom. The minimum Gasteiger partial charge on any atom is -0.120 e. The lowest BCUT2D eigenvalue weighted by atomic mass is 9.79. The molecule has 0 aromatic carbocycles. The third-order valence-corrected chi connectivity index (χ3v) is 3.11. The SMILES string of the molecule is C#CC(CCC(C)C)C(CC)C(C)C. The molecule has 14 heavy (non-hydrogen) atoms. The molecule has 0 fully saturated rings. The van der Waals surface area contributed by atoms with Gasteiger partial charge in [-0.1, -0.05) is 41.0 Å². The Morgan fingerprint density at radius 3 is 1.93 bits per heavy atom. The first-order valence-corrected chi connectivity index (χ1v) is 5.99. The molecular formula is C14H26. The molecule has 0 aliphatic carbocycles. The van der Waals surface area contributed by atoms with E-state index in [1.54, 1.807) is 0 Å². The highest BCUT2D eigenvalue weighted by Crippen LogP contribution is 2.28. The summed E-state index contributed by atoms with van der Waals surface area (Å²) in [5, 5.41) is 0. The van der Waals surface area contributed by atoms with E-state index in [4.69, 9.17) is 6.42 Å². The van der Waals surface area contributed by atoms with Gasteiger partial charge in [-0.15, -0.1) is 12.3 Å². The van der Waals surface area contributed by atoms with Crippen LogP contribution in [0.4, 0.5) is 0 Å². The molecule has 0 aliphatic heterocycles. The lowest BCUT2D eigenvalue weighted by molar-refractivity contribution is 0.271. The molecular weight excluding hydrogens is 168 g/mol. The molecule has 0 amide bonds. The molecule has 0 N–H and O–H groups in total. The predicted molar refractivity (Wildman–Crippen MR) is 65.0 cm³/mol. The van der Waals surface area contributed by atoms with Gasteiger partial charge in [-0.2, -0.15) is 0 Å². The van der Waals surface area contributed by atoms with E-state index in [1.165, 1.54) is 19.3 Å². The molecule has 0 spiro atoms. The third kappa shape index (κ3) is 4.70. The van der Waals surface area contributed by atoms with E-state index >= 15 is 0 Å². The van der Waals surface area contributed by atoms with Crippen molar-refractivity contribution in [1.82, 2.24) is 0 Å². The second kappa shape index (κ2) is 6.93. The van der Waals surface area contributed by atoms with E-state index in [1.807, 2.05) is 0 Å². The minimum absolute atomic E-state index is 0.488. The fraction of sp³-hybridized carbons (Fsp3) is 0.857. The molecule has 82 valence electrons. The van der Waals surface area contributed by atoms with Crippen molar-refractivity contribution in [2.45, 2.75) is 53.9 Å². The van der Waals surface area contributed by atoms with Crippen LogP contribution in [0.5, 0.6) is 0 Å². The first kappa shape index (κ1) is 13.6. The van der Waals surface area contributed by atoms with Crippen LogP contribution in [0.1, 0.15) is 53.9 Å². The van der Waals surface area contributed by atoms with Crippen LogP contribution in [-0.2, 0) is 0 Å². The van der Waals surface area contributed by atoms with Crippen LogP contribution in [0.3, 0.4) is 0 Å². The highest BCUT2D eigenvalue weighted by atomic mass is 14.2. The summed E-state index contributed by atoms with van der Waals surface area (Å²) in [5.41, 5.74) is 0. The van der Waals surface area contributed by atoms with E-state index in [-0.39, 0.29) is 0 Å². The third-order valence-electron chi connectivity index (χ3n) is 3.11. The van der Waals surface area contributed by atoms with E-state index in [0.717, 1.165) is 5.92 Å². The second-order valence-corrected chi connectivity index (χ2v) is 5.06. The van der Waals surface area contributed by atoms with Crippen molar-refractivity contribution >= 4 is 0 Å². The van der Waals surface area contributed by atoms with Gasteiger partial charge >= 0.3 is 0 Å². The van der Waals surface area contributed by atoms with Gasteiger partial charge in [0.25, 0.3) is 0 Å². The average Bonchev–Trinajstić information content (AvgIpc) is 2.10. The Bertz CT molecular complexity index is 171. The van der Waals surface area contributed by atoms with Gasteiger partial charge in [0.2, 0.25) is 0 Å². The monoisotopic (exact) mass is 194 g/mol. The van der Waals surface area contributed by atoms with Crippen LogP contribution in [0.25, 0.3) is 0 Å². The van der Waals surface area contributed by atoms with Crippen molar-refractivity contribution in [1.29, 1.82) is 0 Å². The first-order valence-electron chi connectivity index (χ1n) is 5.99. The summed E-state index contributed by atoms with van der Waals surface area (Å²) in [6.07, 6.45) is 9.30. The van der Waals surface area contributed by atoms with E-state index < -0.39 is 0 Å². The van der Waals surface area contributed by atoms with E-state index in [2.05, 4.69) is 40.5 Å². The van der Waals surface area contributed by atoms with Crippen LogP contribution < -0.4 is 0 Å². The molecule has 0 nitrogen and oxygen atoms in total. The van der Waals surface area contributed by atoms with Crippen molar-refractivity contribution in [2.75, 3.05) is 0 Å². The number of hydrogen-bond acceptors (Lipinski definition) is 0. The number of hydrogen-bond donors (Lipinski definition) is 0. The molecule has 0 aromatic heterocycles. The standard InChI is InChI=1S/C14H26/c1-7-13(10-9-11(3)4)14(8-2)12(5)6/h1,11-14H,8-10H2,2-6H3. The topological polar surface area (TPSA) is 0 Å². The maximum absolute atomic E-state index is 5.62. The normalized spacial score (nSPS) is 15.6. The largest absolute Gasteiger partial charge is 0.120 e. The summed E-state index contributed by atoms with van der Waals surface area (Å²) in [5.74, 6) is 5.67. The van der Waals surface area contributed by atoms with E-state index in [9.17, 15) is 0 Å². The molecule has 0 heterocycles. The Hall–Kier alpha value is -0.440. The molecule has 0 heteroatoms. The highest BCUT2D eigenvalue weighted by Gasteiger charge is 2.20. The Balaban J connectivity index is 4.17. The maximum atomic E-state index is 5.62. The lowest BCUT2D eigenvalue weighted by Crippen LogP contribution is -2.18. The maximum Gasteiger partial charge on any atom is 0.0230 e. The predicted octanol–water partition coefficient (Wildman–Crippen LogP) is 4.35. The molecule has 0 saturated carbocycles. The van der Waals surface area contributed by atoms with Crippen molar-refractivity contribution in [3.63, 3.8) is 0 Å². The lowest BCUT2D eigenvalue weighted by Gasteiger charge is -2.26. The van der Waals surface area contributed by atoms with Gasteiger partial charge in [-0.25, -0.2) is 0 Å². The zero-order valence-electron chi connectivity index (χ0n) is 10.5. The number of rotatable bonds is 6. The fourth-order valence-electron chi connectivity index (χ4n) is 2.15. The molecule has 0 bridgehead atoms. The molecule has 0 saturated heterocycles. The number of terminal acetylenes is 1. The van der Waals surface area contributed by atoms with Gasteiger partial charge in [0.1, 0.15) is 0 Å². The van der Waals surface area contributed by atoms with Crippen LogP contribution in [0.15, 0.2) is 0 Å². The first-order chi connectivity index (χ1) is 6.52. The Kier molecular flexibility index (Phi) is 6.71. The summed E-state index contributed by atoms with van der Waals surface area (Å²) in [6, 6.07) is 0. The van der Waals surface area contributed by atoms with Crippen molar-refractivity contribution < 1.29 is 0 Å². The Labute approximate surface area is 90.5 Å². The van der Waals surface area contributed by atoms with Crippen molar-refractivity contribution in [2.24, 2.45) is 23.7 Å². The summed E-state index contributed by atoms with van der Waals surface area (Å²) in [7, 11) is 0. The summed E-state index contributed by atoms with van der Waals surface area (Å²) in [4.78, 5) is 0. The summed E-state index contributed by atoms with van der Waals surface area (Å²) >= 11 is 0. The second-order valence-electron chi connectivity index (χ2n) is 5.06. The van der Waals surface area contributed by atoms with Gasteiger partial charge in [-0.3, -0.25) is 0 Å². The highest BCUT2D eigenvalue weighted by molar-refractivity contribution is 4.96. The van der Waals surface area contributed by atoms with Crippen LogP contribution in [0.2, 0.25) is 0 Å². The van der Waals surface area contributed by atoms with Crippen LogP contribution in [0, 0.1) is 36.0 Å². The summed E-state index contributed by atoms with van der Waals surface area (Å²) < 4.78 is 0. The molecule has 0 aliphatic rings. The zero-order valence-corrected chi connectivity index (χ0v) is 10.5. The fourth-order valence-corrected chi connectivity index (χ4v) is 2.15. The van der Waals surface area contributed by atoms with Gasteiger partial charge in [0.15, 0.2) is 0 Å². The molecule has 0 radical (unpaired) electrons. The van der Waals surface area contributed by atoms with Gasteiger partial charge in [0.05, 0.1) is 0 Å². The van der Waals surface area contributed by atoms with Crippen LogP contribution >= 0.6 is 0 Å². The van der Waals surface area contributed by atoms with Gasteiger partial charge in [-0.05, 0) is 30.6 Å². The van der Waals surface area contributed by atoms with Gasteiger partial charge < -0.3 is 0 Å². The van der Waals surface area contributed by atoms with Crippen molar-refractivity contribution in [3.05, 3.63) is 0 Å². The minimum atomic E-state index is 0.488. The van der Waals surface area contributed by atoms with Gasteiger partial charge in [0, 0.05) is 5.92 Å². The smallest absolute Gasteiger partial charge is 0.0230 e. The summed E-state index contributed by atoms with van der Waals surface area (Å²) in [6.45, 7) is 11.4. The Morgan fingerprint density at radius 1 is 1.07 bits per heavy atom. The van der Waals surface area contributed by atoms with Crippen LogP contribution in [-0.4, -0.2) is 0 Å². The molecule has 0 aromatic rings.